The lowest BCUT2D eigenvalue weighted by molar-refractivity contribution is -0.150. The van der Waals surface area contributed by atoms with Crippen LogP contribution in [-0.4, -0.2) is 41.2 Å². The molecule has 0 spiro atoms. The minimum absolute atomic E-state index is 0.298. The third kappa shape index (κ3) is 2.93. The van der Waals surface area contributed by atoms with Gasteiger partial charge in [0, 0.05) is 6.54 Å². The zero-order valence-corrected chi connectivity index (χ0v) is 11.6. The van der Waals surface area contributed by atoms with E-state index in [1.54, 1.807) is 12.1 Å². The van der Waals surface area contributed by atoms with Crippen LogP contribution in [0.1, 0.15) is 26.2 Å². The monoisotopic (exact) mass is 281 g/mol. The molecule has 1 aromatic rings. The molecule has 110 valence electrons. The molecular weight excluding hydrogens is 261 g/mol. The summed E-state index contributed by atoms with van der Waals surface area (Å²) in [7, 11) is 0. The van der Waals surface area contributed by atoms with E-state index >= 15 is 0 Å². The molecule has 0 saturated carbocycles. The fourth-order valence-corrected chi connectivity index (χ4v) is 2.86. The Hall–Kier alpha value is -1.62. The van der Waals surface area contributed by atoms with Crippen molar-refractivity contribution in [1.29, 1.82) is 0 Å². The number of ether oxygens (including phenoxy) is 1. The van der Waals surface area contributed by atoms with Gasteiger partial charge < -0.3 is 9.84 Å². The van der Waals surface area contributed by atoms with E-state index in [2.05, 4.69) is 0 Å². The van der Waals surface area contributed by atoms with Crippen LogP contribution in [0.15, 0.2) is 24.3 Å². The molecule has 20 heavy (non-hydrogen) atoms. The average molecular weight is 281 g/mol. The summed E-state index contributed by atoms with van der Waals surface area (Å²) in [5.74, 6) is -0.449. The quantitative estimate of drug-likeness (QED) is 0.870. The number of nitrogens with zero attached hydrogens (tertiary/aromatic N) is 1. The van der Waals surface area contributed by atoms with Crippen molar-refractivity contribution in [3.63, 3.8) is 0 Å². The Kier molecular flexibility index (Phi) is 4.60. The second kappa shape index (κ2) is 6.22. The van der Waals surface area contributed by atoms with Crippen molar-refractivity contribution < 1.29 is 19.0 Å². The topological polar surface area (TPSA) is 49.8 Å². The van der Waals surface area contributed by atoms with Gasteiger partial charge in [-0.05, 0) is 50.1 Å². The fraction of sp³-hybridized carbons (Fsp3) is 0.533. The van der Waals surface area contributed by atoms with Crippen LogP contribution in [0.5, 0.6) is 5.75 Å². The van der Waals surface area contributed by atoms with E-state index < -0.39 is 11.5 Å². The fourth-order valence-electron chi connectivity index (χ4n) is 2.86. The van der Waals surface area contributed by atoms with Crippen molar-refractivity contribution in [1.82, 2.24) is 4.90 Å². The highest BCUT2D eigenvalue weighted by Crippen LogP contribution is 2.32. The van der Waals surface area contributed by atoms with Crippen LogP contribution < -0.4 is 4.74 Å². The Balaban J connectivity index is 1.90. The molecule has 1 unspecified atom stereocenters. The van der Waals surface area contributed by atoms with Crippen LogP contribution in [0.4, 0.5) is 4.39 Å². The highest BCUT2D eigenvalue weighted by molar-refractivity contribution is 5.79. The van der Waals surface area contributed by atoms with Gasteiger partial charge in [0.05, 0.1) is 0 Å². The van der Waals surface area contributed by atoms with Gasteiger partial charge in [0.25, 0.3) is 0 Å². The van der Waals surface area contributed by atoms with Gasteiger partial charge in [-0.15, -0.1) is 0 Å². The maximum atomic E-state index is 12.8. The van der Waals surface area contributed by atoms with E-state index in [4.69, 9.17) is 4.74 Å². The number of hydrogen-bond donors (Lipinski definition) is 1. The summed E-state index contributed by atoms with van der Waals surface area (Å²) in [6, 6.07) is 5.84. The van der Waals surface area contributed by atoms with E-state index in [9.17, 15) is 14.3 Å². The molecular formula is C15H20FNO3. The van der Waals surface area contributed by atoms with Gasteiger partial charge in [-0.25, -0.2) is 4.39 Å². The van der Waals surface area contributed by atoms with Crippen molar-refractivity contribution in [3.8, 4) is 5.75 Å². The Bertz CT molecular complexity index is 463. The first kappa shape index (κ1) is 14.8. The number of likely N-dealkylation sites (tertiary alicyclic amines) is 1. The molecule has 1 fully saturated rings. The first-order valence-electron chi connectivity index (χ1n) is 6.95. The molecule has 0 bridgehead atoms. The number of hydrogen-bond acceptors (Lipinski definition) is 3. The Morgan fingerprint density at radius 1 is 1.45 bits per heavy atom. The van der Waals surface area contributed by atoms with Crippen LogP contribution in [0.2, 0.25) is 0 Å². The number of carboxylic acid groups (broad SMARTS) is 1. The third-order valence-electron chi connectivity index (χ3n) is 4.05. The summed E-state index contributed by atoms with van der Waals surface area (Å²) in [6.45, 7) is 3.67. The van der Waals surface area contributed by atoms with Crippen molar-refractivity contribution >= 4 is 5.97 Å². The molecule has 1 saturated heterocycles. The molecule has 4 nitrogen and oxygen atoms in total. The van der Waals surface area contributed by atoms with E-state index in [1.165, 1.54) is 12.1 Å². The Morgan fingerprint density at radius 2 is 2.15 bits per heavy atom. The third-order valence-corrected chi connectivity index (χ3v) is 4.05. The highest BCUT2D eigenvalue weighted by Gasteiger charge is 2.45. The van der Waals surface area contributed by atoms with E-state index in [1.807, 2.05) is 11.8 Å². The lowest BCUT2D eigenvalue weighted by Crippen LogP contribution is -2.51. The Morgan fingerprint density at radius 3 is 2.75 bits per heavy atom. The van der Waals surface area contributed by atoms with E-state index in [-0.39, 0.29) is 5.82 Å². The second-order valence-electron chi connectivity index (χ2n) is 5.08. The normalized spacial score (nSPS) is 22.9. The van der Waals surface area contributed by atoms with Gasteiger partial charge in [-0.2, -0.15) is 0 Å². The van der Waals surface area contributed by atoms with Crippen molar-refractivity contribution in [2.75, 3.05) is 19.7 Å². The van der Waals surface area contributed by atoms with Crippen LogP contribution in [0.25, 0.3) is 0 Å². The summed E-state index contributed by atoms with van der Waals surface area (Å²) < 4.78 is 18.3. The van der Waals surface area contributed by atoms with Gasteiger partial charge in [-0.3, -0.25) is 9.69 Å². The molecule has 1 aliphatic heterocycles. The molecule has 1 N–H and O–H groups in total. The standard InChI is InChI=1S/C15H20FNO3/c1-2-15(14(18)19)8-3-9-17(15)10-11-20-13-6-4-12(16)5-7-13/h4-7H,2-3,8-11H2,1H3,(H,18,19). The van der Waals surface area contributed by atoms with E-state index in [0.717, 1.165) is 13.0 Å². The highest BCUT2D eigenvalue weighted by atomic mass is 19.1. The lowest BCUT2D eigenvalue weighted by atomic mass is 9.93. The predicted molar refractivity (Wildman–Crippen MR) is 73.4 cm³/mol. The van der Waals surface area contributed by atoms with Crippen LogP contribution in [0.3, 0.4) is 0 Å². The molecule has 1 aliphatic rings. The van der Waals surface area contributed by atoms with Crippen LogP contribution in [0, 0.1) is 5.82 Å². The molecule has 1 aromatic carbocycles. The number of aliphatic carboxylic acids is 1. The SMILES string of the molecule is CCC1(C(=O)O)CCCN1CCOc1ccc(F)cc1. The molecule has 1 atom stereocenters. The number of carbonyl (C=O) groups is 1. The van der Waals surface area contributed by atoms with Crippen molar-refractivity contribution in [2.45, 2.75) is 31.7 Å². The van der Waals surface area contributed by atoms with Gasteiger partial charge in [0.1, 0.15) is 23.7 Å². The first-order valence-corrected chi connectivity index (χ1v) is 6.95. The molecule has 2 rings (SSSR count). The molecule has 1 heterocycles. The maximum Gasteiger partial charge on any atom is 0.324 e. The Labute approximate surface area is 118 Å². The molecule has 0 amide bonds. The zero-order chi connectivity index (χ0) is 14.6. The summed E-state index contributed by atoms with van der Waals surface area (Å²) in [5.41, 5.74) is -0.744. The number of rotatable bonds is 6. The van der Waals surface area contributed by atoms with Crippen molar-refractivity contribution in [3.05, 3.63) is 30.1 Å². The van der Waals surface area contributed by atoms with Gasteiger partial charge >= 0.3 is 5.97 Å². The minimum atomic E-state index is -0.751. The molecule has 0 radical (unpaired) electrons. The second-order valence-corrected chi connectivity index (χ2v) is 5.08. The average Bonchev–Trinajstić information content (AvgIpc) is 2.85. The molecule has 0 aromatic heterocycles. The predicted octanol–water partition coefficient (Wildman–Crippen LogP) is 2.53. The summed E-state index contributed by atoms with van der Waals surface area (Å²) in [4.78, 5) is 13.5. The smallest absolute Gasteiger partial charge is 0.324 e. The number of carboxylic acids is 1. The minimum Gasteiger partial charge on any atom is -0.492 e. The van der Waals surface area contributed by atoms with Gasteiger partial charge in [0.2, 0.25) is 0 Å². The van der Waals surface area contributed by atoms with Crippen LogP contribution >= 0.6 is 0 Å². The van der Waals surface area contributed by atoms with E-state index in [0.29, 0.717) is 31.7 Å². The van der Waals surface area contributed by atoms with Crippen LogP contribution in [-0.2, 0) is 4.79 Å². The molecule has 0 aliphatic carbocycles. The van der Waals surface area contributed by atoms with Crippen molar-refractivity contribution in [2.24, 2.45) is 0 Å². The number of benzene rings is 1. The summed E-state index contributed by atoms with van der Waals surface area (Å²) >= 11 is 0. The van der Waals surface area contributed by atoms with Gasteiger partial charge in [-0.1, -0.05) is 6.92 Å². The lowest BCUT2D eigenvalue weighted by Gasteiger charge is -2.33. The van der Waals surface area contributed by atoms with Gasteiger partial charge in [0.15, 0.2) is 0 Å². The molecule has 5 heteroatoms. The zero-order valence-electron chi connectivity index (χ0n) is 11.6. The first-order chi connectivity index (χ1) is 9.58. The summed E-state index contributed by atoms with van der Waals surface area (Å²) in [6.07, 6.45) is 2.19. The maximum absolute atomic E-state index is 12.8. The summed E-state index contributed by atoms with van der Waals surface area (Å²) in [5, 5.41) is 9.46. The largest absolute Gasteiger partial charge is 0.492 e. The number of halogens is 1.